The Kier molecular flexibility index (Phi) is 3.73. The third-order valence-electron chi connectivity index (χ3n) is 3.98. The number of hydrogen-bond donors (Lipinski definition) is 1. The van der Waals surface area contributed by atoms with Gasteiger partial charge in [-0.2, -0.15) is 0 Å². The van der Waals surface area contributed by atoms with E-state index in [0.717, 1.165) is 5.56 Å². The van der Waals surface area contributed by atoms with Gasteiger partial charge >= 0.3 is 0 Å². The minimum Gasteiger partial charge on any atom is -0.353 e. The van der Waals surface area contributed by atoms with E-state index in [-0.39, 0.29) is 17.8 Å². The van der Waals surface area contributed by atoms with Crippen molar-refractivity contribution in [1.29, 1.82) is 0 Å². The fraction of sp³-hybridized carbons (Fsp3) is 0.533. The molecular weight excluding hydrogens is 257 g/mol. The summed E-state index contributed by atoms with van der Waals surface area (Å²) in [4.78, 5) is 15.9. The highest BCUT2D eigenvalue weighted by molar-refractivity contribution is 5.90. The molecular formula is C15H22FN3O. The zero-order chi connectivity index (χ0) is 15.1. The molecule has 0 aromatic heterocycles. The third-order valence-corrected chi connectivity index (χ3v) is 3.98. The summed E-state index contributed by atoms with van der Waals surface area (Å²) in [6.45, 7) is 6.64. The third kappa shape index (κ3) is 2.26. The van der Waals surface area contributed by atoms with Crippen LogP contribution in [0.4, 0.5) is 10.1 Å². The number of likely N-dealkylation sites (N-methyl/N-ethyl adjacent to an activating group) is 1. The van der Waals surface area contributed by atoms with E-state index in [9.17, 15) is 9.18 Å². The average molecular weight is 279 g/mol. The van der Waals surface area contributed by atoms with Crippen LogP contribution in [0.1, 0.15) is 32.4 Å². The van der Waals surface area contributed by atoms with Gasteiger partial charge in [-0.05, 0) is 32.4 Å². The average Bonchev–Trinajstić information content (AvgIpc) is 2.37. The van der Waals surface area contributed by atoms with Crippen molar-refractivity contribution < 1.29 is 9.18 Å². The second kappa shape index (κ2) is 5.05. The lowest BCUT2D eigenvalue weighted by molar-refractivity contribution is -0.136. The summed E-state index contributed by atoms with van der Waals surface area (Å²) in [5.74, 6) is -0.340. The zero-order valence-corrected chi connectivity index (χ0v) is 12.5. The largest absolute Gasteiger partial charge is 0.353 e. The Labute approximate surface area is 119 Å². The number of nitrogens with two attached hydrogens (primary N) is 1. The lowest BCUT2D eigenvalue weighted by Gasteiger charge is -2.47. The van der Waals surface area contributed by atoms with Gasteiger partial charge in [0.1, 0.15) is 11.4 Å². The predicted octanol–water partition coefficient (Wildman–Crippen LogP) is 1.90. The number of benzene rings is 1. The molecule has 0 spiro atoms. The quantitative estimate of drug-likeness (QED) is 0.899. The molecule has 110 valence electrons. The van der Waals surface area contributed by atoms with Crippen molar-refractivity contribution in [3.63, 3.8) is 0 Å². The molecule has 1 atom stereocenters. The summed E-state index contributed by atoms with van der Waals surface area (Å²) in [5, 5.41) is 0. The molecule has 20 heavy (non-hydrogen) atoms. The van der Waals surface area contributed by atoms with Gasteiger partial charge in [0.2, 0.25) is 5.91 Å². The summed E-state index contributed by atoms with van der Waals surface area (Å²) in [5.41, 5.74) is 6.36. The number of nitrogens with zero attached hydrogens (tertiary/aromatic N) is 2. The first-order valence-corrected chi connectivity index (χ1v) is 6.84. The lowest BCUT2D eigenvalue weighted by Crippen LogP contribution is -2.62. The maximum absolute atomic E-state index is 14.3. The number of para-hydroxylation sites is 1. The van der Waals surface area contributed by atoms with E-state index in [1.807, 2.05) is 31.7 Å². The van der Waals surface area contributed by atoms with Crippen LogP contribution < -0.4 is 10.6 Å². The van der Waals surface area contributed by atoms with Crippen molar-refractivity contribution in [3.05, 3.63) is 29.6 Å². The van der Waals surface area contributed by atoms with Gasteiger partial charge in [0, 0.05) is 26.2 Å². The molecule has 1 aromatic carbocycles. The normalized spacial score (nSPS) is 20.2. The highest BCUT2D eigenvalue weighted by atomic mass is 19.1. The molecule has 1 heterocycles. The first-order chi connectivity index (χ1) is 9.26. The maximum atomic E-state index is 14.3. The summed E-state index contributed by atoms with van der Waals surface area (Å²) in [6, 6.07) is 4.61. The monoisotopic (exact) mass is 279 g/mol. The predicted molar refractivity (Wildman–Crippen MR) is 78.1 cm³/mol. The van der Waals surface area contributed by atoms with Crippen LogP contribution in [0.3, 0.4) is 0 Å². The van der Waals surface area contributed by atoms with E-state index in [0.29, 0.717) is 18.8 Å². The number of amides is 1. The molecule has 2 N–H and O–H groups in total. The number of anilines is 1. The van der Waals surface area contributed by atoms with Gasteiger partial charge in [0.05, 0.1) is 5.69 Å². The molecule has 4 nitrogen and oxygen atoms in total. The molecule has 0 aliphatic carbocycles. The van der Waals surface area contributed by atoms with E-state index < -0.39 is 5.54 Å². The second-order valence-corrected chi connectivity index (χ2v) is 5.90. The number of carbonyl (C=O) groups is 1. The second-order valence-electron chi connectivity index (χ2n) is 5.90. The SMILES string of the molecule is C[C@@H](N)c1cccc(F)c1N1CCN(C)C(=O)C1(C)C. The van der Waals surface area contributed by atoms with E-state index in [1.54, 1.807) is 18.0 Å². The number of hydrogen-bond acceptors (Lipinski definition) is 3. The van der Waals surface area contributed by atoms with E-state index in [4.69, 9.17) is 5.73 Å². The lowest BCUT2D eigenvalue weighted by atomic mass is 9.94. The number of rotatable bonds is 2. The van der Waals surface area contributed by atoms with Crippen molar-refractivity contribution in [2.45, 2.75) is 32.4 Å². The van der Waals surface area contributed by atoms with Crippen LogP contribution in [0.15, 0.2) is 18.2 Å². The van der Waals surface area contributed by atoms with Crippen molar-refractivity contribution in [1.82, 2.24) is 4.90 Å². The Morgan fingerprint density at radius 1 is 1.35 bits per heavy atom. The van der Waals surface area contributed by atoms with Crippen molar-refractivity contribution >= 4 is 11.6 Å². The Hall–Kier alpha value is -1.62. The van der Waals surface area contributed by atoms with E-state index in [2.05, 4.69) is 0 Å². The molecule has 1 fully saturated rings. The molecule has 0 saturated carbocycles. The van der Waals surface area contributed by atoms with Gasteiger partial charge in [0.25, 0.3) is 0 Å². The molecule has 1 amide bonds. The molecule has 1 aliphatic rings. The van der Waals surface area contributed by atoms with E-state index in [1.165, 1.54) is 6.07 Å². The summed E-state index contributed by atoms with van der Waals surface area (Å²) in [6.07, 6.45) is 0. The highest BCUT2D eigenvalue weighted by Crippen LogP contribution is 2.35. The van der Waals surface area contributed by atoms with Gasteiger partial charge < -0.3 is 15.5 Å². The topological polar surface area (TPSA) is 49.6 Å². The Bertz CT molecular complexity index is 528. The fourth-order valence-electron chi connectivity index (χ4n) is 2.79. The molecule has 1 aliphatic heterocycles. The maximum Gasteiger partial charge on any atom is 0.247 e. The fourth-order valence-corrected chi connectivity index (χ4v) is 2.79. The standard InChI is InChI=1S/C15H22FN3O/c1-10(17)11-6-5-7-12(16)13(11)19-9-8-18(4)14(20)15(19,2)3/h5-7,10H,8-9,17H2,1-4H3/t10-/m1/s1. The van der Waals surface area contributed by atoms with Crippen molar-refractivity contribution in [3.8, 4) is 0 Å². The molecule has 2 rings (SSSR count). The zero-order valence-electron chi connectivity index (χ0n) is 12.5. The summed E-state index contributed by atoms with van der Waals surface area (Å²) in [7, 11) is 1.77. The number of carbonyl (C=O) groups excluding carboxylic acids is 1. The van der Waals surface area contributed by atoms with Crippen LogP contribution in [0.5, 0.6) is 0 Å². The van der Waals surface area contributed by atoms with Crippen LogP contribution in [0, 0.1) is 5.82 Å². The van der Waals surface area contributed by atoms with Gasteiger partial charge in [-0.1, -0.05) is 12.1 Å². The van der Waals surface area contributed by atoms with Crippen LogP contribution >= 0.6 is 0 Å². The van der Waals surface area contributed by atoms with Gasteiger partial charge in [0.15, 0.2) is 0 Å². The van der Waals surface area contributed by atoms with Gasteiger partial charge in [-0.25, -0.2) is 4.39 Å². The van der Waals surface area contributed by atoms with Crippen LogP contribution in [0.2, 0.25) is 0 Å². The molecule has 1 aromatic rings. The molecule has 5 heteroatoms. The first-order valence-electron chi connectivity index (χ1n) is 6.84. The van der Waals surface area contributed by atoms with Gasteiger partial charge in [-0.3, -0.25) is 4.79 Å². The molecule has 0 unspecified atom stereocenters. The number of halogens is 1. The van der Waals surface area contributed by atoms with Crippen LogP contribution in [-0.4, -0.2) is 36.5 Å². The number of piperazine rings is 1. The Balaban J connectivity index is 2.54. The first kappa shape index (κ1) is 14.8. The molecule has 0 radical (unpaired) electrons. The van der Waals surface area contributed by atoms with Crippen LogP contribution in [0.25, 0.3) is 0 Å². The Morgan fingerprint density at radius 2 is 2.00 bits per heavy atom. The highest BCUT2D eigenvalue weighted by Gasteiger charge is 2.42. The molecule has 0 bridgehead atoms. The van der Waals surface area contributed by atoms with Crippen molar-refractivity contribution in [2.75, 3.05) is 25.0 Å². The summed E-state index contributed by atoms with van der Waals surface area (Å²) >= 11 is 0. The van der Waals surface area contributed by atoms with Gasteiger partial charge in [-0.15, -0.1) is 0 Å². The minimum atomic E-state index is -0.779. The minimum absolute atomic E-state index is 0.0115. The van der Waals surface area contributed by atoms with E-state index >= 15 is 0 Å². The summed E-state index contributed by atoms with van der Waals surface area (Å²) < 4.78 is 14.3. The molecule has 1 saturated heterocycles. The Morgan fingerprint density at radius 3 is 2.60 bits per heavy atom. The van der Waals surface area contributed by atoms with Crippen LogP contribution in [-0.2, 0) is 4.79 Å². The van der Waals surface area contributed by atoms with Crippen molar-refractivity contribution in [2.24, 2.45) is 5.73 Å². The smallest absolute Gasteiger partial charge is 0.247 e.